The summed E-state index contributed by atoms with van der Waals surface area (Å²) >= 11 is 0. The molecule has 1 amide bonds. The molecule has 0 aromatic heterocycles. The maximum atomic E-state index is 11.8. The van der Waals surface area contributed by atoms with E-state index in [4.69, 9.17) is 4.74 Å². The minimum atomic E-state index is -0.0781. The standard InChI is InChI=1S/C12H20N2O2/c15-12-14(8-9-3-1-2-4-9)10-5-6-13-7-11(10)16-12/h9-11,13H,1-8H2. The van der Waals surface area contributed by atoms with Crippen LogP contribution in [0.1, 0.15) is 32.1 Å². The van der Waals surface area contributed by atoms with E-state index in [9.17, 15) is 4.79 Å². The largest absolute Gasteiger partial charge is 0.443 e. The maximum absolute atomic E-state index is 11.8. The van der Waals surface area contributed by atoms with Crippen LogP contribution in [-0.2, 0) is 4.74 Å². The Morgan fingerprint density at radius 1 is 1.31 bits per heavy atom. The zero-order valence-electron chi connectivity index (χ0n) is 9.65. The highest BCUT2D eigenvalue weighted by atomic mass is 16.6. The zero-order valence-corrected chi connectivity index (χ0v) is 9.65. The van der Waals surface area contributed by atoms with E-state index in [2.05, 4.69) is 5.32 Å². The molecule has 0 aromatic carbocycles. The van der Waals surface area contributed by atoms with Crippen LogP contribution in [0.15, 0.2) is 0 Å². The molecule has 1 aliphatic carbocycles. The summed E-state index contributed by atoms with van der Waals surface area (Å²) in [6.45, 7) is 2.77. The molecule has 3 aliphatic rings. The Morgan fingerprint density at radius 2 is 2.12 bits per heavy atom. The number of amides is 1. The summed E-state index contributed by atoms with van der Waals surface area (Å²) in [7, 11) is 0. The highest BCUT2D eigenvalue weighted by Crippen LogP contribution is 2.30. The van der Waals surface area contributed by atoms with Gasteiger partial charge in [-0.1, -0.05) is 12.8 Å². The summed E-state index contributed by atoms with van der Waals surface area (Å²) in [4.78, 5) is 13.8. The Morgan fingerprint density at radius 3 is 2.94 bits per heavy atom. The Labute approximate surface area is 96.3 Å². The van der Waals surface area contributed by atoms with E-state index >= 15 is 0 Å². The lowest BCUT2D eigenvalue weighted by atomic mass is 10.0. The molecule has 2 saturated heterocycles. The summed E-state index contributed by atoms with van der Waals surface area (Å²) in [6, 6.07) is 0.342. The van der Waals surface area contributed by atoms with E-state index < -0.39 is 0 Å². The lowest BCUT2D eigenvalue weighted by molar-refractivity contribution is 0.121. The molecule has 2 unspecified atom stereocenters. The monoisotopic (exact) mass is 224 g/mol. The average molecular weight is 224 g/mol. The van der Waals surface area contributed by atoms with Crippen LogP contribution in [0.5, 0.6) is 0 Å². The van der Waals surface area contributed by atoms with Crippen LogP contribution in [0.25, 0.3) is 0 Å². The van der Waals surface area contributed by atoms with Crippen molar-refractivity contribution in [3.63, 3.8) is 0 Å². The molecular formula is C12H20N2O2. The molecule has 1 saturated carbocycles. The molecule has 0 bridgehead atoms. The predicted molar refractivity (Wildman–Crippen MR) is 60.2 cm³/mol. The molecule has 4 heteroatoms. The van der Waals surface area contributed by atoms with E-state index in [1.165, 1.54) is 25.7 Å². The first kappa shape index (κ1) is 10.4. The van der Waals surface area contributed by atoms with E-state index in [1.807, 2.05) is 4.90 Å². The van der Waals surface area contributed by atoms with Crippen LogP contribution in [0.4, 0.5) is 4.79 Å². The summed E-state index contributed by atoms with van der Waals surface area (Å²) in [6.07, 6.45) is 6.32. The van der Waals surface area contributed by atoms with E-state index in [-0.39, 0.29) is 12.2 Å². The zero-order chi connectivity index (χ0) is 11.0. The molecular weight excluding hydrogens is 204 g/mol. The number of nitrogens with one attached hydrogen (secondary N) is 1. The van der Waals surface area contributed by atoms with E-state index in [0.29, 0.717) is 6.04 Å². The third-order valence-corrected chi connectivity index (χ3v) is 4.21. The number of carbonyl (C=O) groups excluding carboxylic acids is 1. The molecule has 3 rings (SSSR count). The number of hydrogen-bond donors (Lipinski definition) is 1. The van der Waals surface area contributed by atoms with Crippen molar-refractivity contribution in [3.05, 3.63) is 0 Å². The van der Waals surface area contributed by atoms with Crippen LogP contribution in [0.2, 0.25) is 0 Å². The highest BCUT2D eigenvalue weighted by molar-refractivity contribution is 5.70. The second kappa shape index (κ2) is 4.24. The van der Waals surface area contributed by atoms with Crippen LogP contribution in [0, 0.1) is 5.92 Å². The second-order valence-corrected chi connectivity index (χ2v) is 5.29. The lowest BCUT2D eigenvalue weighted by Gasteiger charge is -2.30. The third-order valence-electron chi connectivity index (χ3n) is 4.21. The highest BCUT2D eigenvalue weighted by Gasteiger charge is 2.43. The van der Waals surface area contributed by atoms with Crippen molar-refractivity contribution >= 4 is 6.09 Å². The van der Waals surface area contributed by atoms with Crippen molar-refractivity contribution in [2.45, 2.75) is 44.2 Å². The quantitative estimate of drug-likeness (QED) is 0.770. The SMILES string of the molecule is O=C1OC2CNCCC2N1CC1CCCC1. The molecule has 3 fully saturated rings. The first-order valence-corrected chi connectivity index (χ1v) is 6.52. The van der Waals surface area contributed by atoms with Gasteiger partial charge in [-0.2, -0.15) is 0 Å². The van der Waals surface area contributed by atoms with Gasteiger partial charge in [0.25, 0.3) is 0 Å². The smallest absolute Gasteiger partial charge is 0.410 e. The lowest BCUT2D eigenvalue weighted by Crippen LogP contribution is -2.48. The van der Waals surface area contributed by atoms with Gasteiger partial charge in [-0.05, 0) is 31.7 Å². The molecule has 2 heterocycles. The number of carbonyl (C=O) groups is 1. The van der Waals surface area contributed by atoms with E-state index in [0.717, 1.165) is 32.0 Å². The molecule has 2 aliphatic heterocycles. The fourth-order valence-electron chi connectivity index (χ4n) is 3.31. The topological polar surface area (TPSA) is 41.6 Å². The van der Waals surface area contributed by atoms with Crippen molar-refractivity contribution in [2.24, 2.45) is 5.92 Å². The van der Waals surface area contributed by atoms with Gasteiger partial charge >= 0.3 is 6.09 Å². The van der Waals surface area contributed by atoms with Gasteiger partial charge in [0.15, 0.2) is 0 Å². The number of ether oxygens (including phenoxy) is 1. The Hall–Kier alpha value is -0.770. The average Bonchev–Trinajstić information content (AvgIpc) is 2.89. The minimum absolute atomic E-state index is 0.0781. The molecule has 2 atom stereocenters. The van der Waals surface area contributed by atoms with E-state index in [1.54, 1.807) is 0 Å². The van der Waals surface area contributed by atoms with Crippen LogP contribution < -0.4 is 5.32 Å². The third kappa shape index (κ3) is 1.79. The van der Waals surface area contributed by atoms with Crippen molar-refractivity contribution < 1.29 is 9.53 Å². The fourth-order valence-corrected chi connectivity index (χ4v) is 3.31. The van der Waals surface area contributed by atoms with Gasteiger partial charge < -0.3 is 15.0 Å². The molecule has 0 aromatic rings. The van der Waals surface area contributed by atoms with Gasteiger partial charge in [-0.15, -0.1) is 0 Å². The van der Waals surface area contributed by atoms with Crippen molar-refractivity contribution in [1.82, 2.24) is 10.2 Å². The van der Waals surface area contributed by atoms with Crippen molar-refractivity contribution in [2.75, 3.05) is 19.6 Å². The minimum Gasteiger partial charge on any atom is -0.443 e. The number of rotatable bonds is 2. The van der Waals surface area contributed by atoms with Gasteiger partial charge in [0, 0.05) is 13.1 Å². The van der Waals surface area contributed by atoms with Crippen molar-refractivity contribution in [3.8, 4) is 0 Å². The predicted octanol–water partition coefficient (Wildman–Crippen LogP) is 1.36. The van der Waals surface area contributed by atoms with Gasteiger partial charge in [0.05, 0.1) is 6.04 Å². The number of fused-ring (bicyclic) bond motifs is 1. The van der Waals surface area contributed by atoms with Gasteiger partial charge in [-0.25, -0.2) is 4.79 Å². The summed E-state index contributed by atoms with van der Waals surface area (Å²) in [5.41, 5.74) is 0. The number of nitrogens with zero attached hydrogens (tertiary/aromatic N) is 1. The molecule has 16 heavy (non-hydrogen) atoms. The second-order valence-electron chi connectivity index (χ2n) is 5.29. The number of piperidine rings is 1. The maximum Gasteiger partial charge on any atom is 0.410 e. The fraction of sp³-hybridized carbons (Fsp3) is 0.917. The van der Waals surface area contributed by atoms with Gasteiger partial charge in [0.1, 0.15) is 6.10 Å². The Kier molecular flexibility index (Phi) is 2.75. The van der Waals surface area contributed by atoms with Crippen LogP contribution in [-0.4, -0.2) is 42.8 Å². The van der Waals surface area contributed by atoms with Crippen LogP contribution >= 0.6 is 0 Å². The Balaban J connectivity index is 1.65. The first-order valence-electron chi connectivity index (χ1n) is 6.52. The molecule has 1 N–H and O–H groups in total. The molecule has 0 spiro atoms. The van der Waals surface area contributed by atoms with Gasteiger partial charge in [0.2, 0.25) is 0 Å². The normalized spacial score (nSPS) is 35.2. The molecule has 4 nitrogen and oxygen atoms in total. The summed E-state index contributed by atoms with van der Waals surface area (Å²) in [5.74, 6) is 0.723. The van der Waals surface area contributed by atoms with Crippen molar-refractivity contribution in [1.29, 1.82) is 0 Å². The summed E-state index contributed by atoms with van der Waals surface area (Å²) in [5, 5.41) is 3.29. The summed E-state index contributed by atoms with van der Waals surface area (Å²) < 4.78 is 5.41. The Bertz CT molecular complexity index is 276. The molecule has 90 valence electrons. The van der Waals surface area contributed by atoms with Gasteiger partial charge in [-0.3, -0.25) is 0 Å². The molecule has 0 radical (unpaired) electrons. The first-order chi connectivity index (χ1) is 7.84. The van der Waals surface area contributed by atoms with Crippen LogP contribution in [0.3, 0.4) is 0 Å². The number of hydrogen-bond acceptors (Lipinski definition) is 3.